The van der Waals surface area contributed by atoms with E-state index >= 15 is 0 Å². The number of amides is 1. The SMILES string of the molecule is COc1ccccc1-n1c(SCC(=O)N2CCCCCC2)nc2c(sc(=S)n2-c2ccc(C)c(C)c2)c1=O. The fourth-order valence-electron chi connectivity index (χ4n) is 4.69. The zero-order valence-corrected chi connectivity index (χ0v) is 24.2. The highest BCUT2D eigenvalue weighted by Crippen LogP contribution is 2.31. The Labute approximate surface area is 235 Å². The molecule has 0 atom stereocenters. The number of likely N-dealkylation sites (tertiary alicyclic amines) is 1. The molecule has 198 valence electrons. The van der Waals surface area contributed by atoms with Gasteiger partial charge in [0.1, 0.15) is 10.4 Å². The molecule has 2 aromatic heterocycles. The summed E-state index contributed by atoms with van der Waals surface area (Å²) in [5.41, 5.74) is 4.02. The fourth-order valence-corrected chi connectivity index (χ4v) is 6.89. The van der Waals surface area contributed by atoms with Crippen LogP contribution in [0.25, 0.3) is 21.7 Å². The molecule has 0 radical (unpaired) electrons. The van der Waals surface area contributed by atoms with Gasteiger partial charge in [-0.3, -0.25) is 18.7 Å². The van der Waals surface area contributed by atoms with Gasteiger partial charge in [0.05, 0.1) is 18.6 Å². The summed E-state index contributed by atoms with van der Waals surface area (Å²) >= 11 is 8.26. The molecular weight excluding hydrogens is 537 g/mol. The number of methoxy groups -OCH3 is 1. The number of benzene rings is 2. The Hall–Kier alpha value is -2.95. The quantitative estimate of drug-likeness (QED) is 0.160. The van der Waals surface area contributed by atoms with E-state index in [9.17, 15) is 9.59 Å². The molecule has 3 heterocycles. The molecule has 1 amide bonds. The highest BCUT2D eigenvalue weighted by molar-refractivity contribution is 7.99. The van der Waals surface area contributed by atoms with Crippen molar-refractivity contribution in [1.29, 1.82) is 0 Å². The number of ether oxygens (including phenoxy) is 1. The first kappa shape index (κ1) is 26.6. The van der Waals surface area contributed by atoms with E-state index < -0.39 is 0 Å². The Balaban J connectivity index is 1.66. The van der Waals surface area contributed by atoms with Crippen molar-refractivity contribution in [1.82, 2.24) is 19.0 Å². The van der Waals surface area contributed by atoms with E-state index in [1.807, 2.05) is 45.9 Å². The fraction of sp³-hybridized carbons (Fsp3) is 0.357. The number of carbonyl (C=O) groups is 1. The minimum Gasteiger partial charge on any atom is -0.495 e. The number of aromatic nitrogens is 3. The van der Waals surface area contributed by atoms with Crippen LogP contribution in [-0.4, -0.2) is 50.9 Å². The topological polar surface area (TPSA) is 69.4 Å². The van der Waals surface area contributed by atoms with E-state index in [0.717, 1.165) is 50.0 Å². The van der Waals surface area contributed by atoms with Crippen molar-refractivity contribution in [3.63, 3.8) is 0 Å². The Kier molecular flexibility index (Phi) is 8.01. The molecular formula is C28H30N4O3S3. The molecule has 7 nitrogen and oxygen atoms in total. The third kappa shape index (κ3) is 5.17. The van der Waals surface area contributed by atoms with Crippen molar-refractivity contribution in [2.24, 2.45) is 0 Å². The first-order valence-corrected chi connectivity index (χ1v) is 14.9. The molecule has 1 aliphatic rings. The van der Waals surface area contributed by atoms with E-state index in [2.05, 4.69) is 19.9 Å². The Bertz CT molecular complexity index is 1610. The minimum atomic E-state index is -0.233. The maximum absolute atomic E-state index is 14.0. The van der Waals surface area contributed by atoms with Gasteiger partial charge < -0.3 is 9.64 Å². The molecule has 1 aliphatic heterocycles. The van der Waals surface area contributed by atoms with Gasteiger partial charge in [-0.25, -0.2) is 4.98 Å². The highest BCUT2D eigenvalue weighted by Gasteiger charge is 2.23. The smallest absolute Gasteiger partial charge is 0.278 e. The van der Waals surface area contributed by atoms with Crippen LogP contribution < -0.4 is 10.3 Å². The largest absolute Gasteiger partial charge is 0.495 e. The average Bonchev–Trinajstić information content (AvgIpc) is 3.07. The number of thioether (sulfide) groups is 1. The third-order valence-electron chi connectivity index (χ3n) is 6.94. The van der Waals surface area contributed by atoms with Crippen LogP contribution in [0.4, 0.5) is 0 Å². The summed E-state index contributed by atoms with van der Waals surface area (Å²) in [7, 11) is 1.58. The van der Waals surface area contributed by atoms with Crippen LogP contribution in [0.1, 0.15) is 36.8 Å². The molecule has 4 aromatic rings. The number of carbonyl (C=O) groups excluding carboxylic acids is 1. The molecule has 0 spiro atoms. The van der Waals surface area contributed by atoms with Crippen molar-refractivity contribution in [3.8, 4) is 17.1 Å². The lowest BCUT2D eigenvalue weighted by Crippen LogP contribution is -2.33. The Morgan fingerprint density at radius 3 is 2.50 bits per heavy atom. The molecule has 0 saturated carbocycles. The van der Waals surface area contributed by atoms with Gasteiger partial charge in [0.25, 0.3) is 5.56 Å². The summed E-state index contributed by atoms with van der Waals surface area (Å²) in [5, 5.41) is 0.431. The van der Waals surface area contributed by atoms with Crippen molar-refractivity contribution < 1.29 is 9.53 Å². The predicted molar refractivity (Wildman–Crippen MR) is 157 cm³/mol. The van der Waals surface area contributed by atoms with Crippen LogP contribution in [0.5, 0.6) is 5.75 Å². The molecule has 0 N–H and O–H groups in total. The van der Waals surface area contributed by atoms with Gasteiger partial charge in [0.15, 0.2) is 14.8 Å². The number of para-hydroxylation sites is 2. The second-order valence-corrected chi connectivity index (χ2v) is 12.0. The molecule has 0 unspecified atom stereocenters. The number of aryl methyl sites for hydroxylation is 2. The first-order chi connectivity index (χ1) is 18.4. The van der Waals surface area contributed by atoms with Crippen LogP contribution in [0, 0.1) is 17.8 Å². The molecule has 10 heteroatoms. The molecule has 5 rings (SSSR count). The lowest BCUT2D eigenvalue weighted by Gasteiger charge is -2.20. The van der Waals surface area contributed by atoms with E-state index in [0.29, 0.717) is 30.9 Å². The number of thiazole rings is 1. The summed E-state index contributed by atoms with van der Waals surface area (Å²) < 4.78 is 10.00. The monoisotopic (exact) mass is 566 g/mol. The summed E-state index contributed by atoms with van der Waals surface area (Å²) in [6.45, 7) is 5.67. The molecule has 38 heavy (non-hydrogen) atoms. The van der Waals surface area contributed by atoms with E-state index in [4.69, 9.17) is 21.9 Å². The van der Waals surface area contributed by atoms with Crippen LogP contribution in [0.15, 0.2) is 52.4 Å². The Morgan fingerprint density at radius 2 is 1.79 bits per heavy atom. The van der Waals surface area contributed by atoms with Crippen molar-refractivity contribution in [3.05, 3.63) is 67.9 Å². The van der Waals surface area contributed by atoms with Crippen molar-refractivity contribution >= 4 is 51.6 Å². The van der Waals surface area contributed by atoms with E-state index in [1.54, 1.807) is 11.7 Å². The highest BCUT2D eigenvalue weighted by atomic mass is 32.2. The van der Waals surface area contributed by atoms with Gasteiger partial charge in [-0.15, -0.1) is 0 Å². The van der Waals surface area contributed by atoms with Gasteiger partial charge >= 0.3 is 0 Å². The maximum Gasteiger partial charge on any atom is 0.278 e. The summed E-state index contributed by atoms with van der Waals surface area (Å²) in [6, 6.07) is 13.4. The van der Waals surface area contributed by atoms with Crippen LogP contribution in [0.3, 0.4) is 0 Å². The lowest BCUT2D eigenvalue weighted by atomic mass is 10.1. The van der Waals surface area contributed by atoms with Gasteiger partial charge in [-0.2, -0.15) is 0 Å². The molecule has 2 aromatic carbocycles. The average molecular weight is 567 g/mol. The number of hydrogen-bond donors (Lipinski definition) is 0. The van der Waals surface area contributed by atoms with Crippen LogP contribution in [0.2, 0.25) is 0 Å². The molecule has 0 aliphatic carbocycles. The predicted octanol–water partition coefficient (Wildman–Crippen LogP) is 6.09. The third-order valence-corrected chi connectivity index (χ3v) is 9.21. The van der Waals surface area contributed by atoms with E-state index in [1.165, 1.54) is 28.7 Å². The molecule has 1 saturated heterocycles. The maximum atomic E-state index is 14.0. The van der Waals surface area contributed by atoms with E-state index in [-0.39, 0.29) is 17.2 Å². The zero-order valence-electron chi connectivity index (χ0n) is 21.7. The second kappa shape index (κ2) is 11.4. The van der Waals surface area contributed by atoms with Crippen molar-refractivity contribution in [2.45, 2.75) is 44.7 Å². The second-order valence-electron chi connectivity index (χ2n) is 9.42. The van der Waals surface area contributed by atoms with Crippen molar-refractivity contribution in [2.75, 3.05) is 26.0 Å². The number of hydrogen-bond acceptors (Lipinski definition) is 7. The molecule has 1 fully saturated rings. The summed E-state index contributed by atoms with van der Waals surface area (Å²) in [4.78, 5) is 34.1. The van der Waals surface area contributed by atoms with Gasteiger partial charge in [0.2, 0.25) is 5.91 Å². The number of fused-ring (bicyclic) bond motifs is 1. The number of nitrogens with zero attached hydrogens (tertiary/aromatic N) is 4. The minimum absolute atomic E-state index is 0.0640. The lowest BCUT2D eigenvalue weighted by molar-refractivity contribution is -0.128. The van der Waals surface area contributed by atoms with Crippen LogP contribution in [-0.2, 0) is 4.79 Å². The summed E-state index contributed by atoms with van der Waals surface area (Å²) in [5.74, 6) is 0.810. The van der Waals surface area contributed by atoms with Gasteiger partial charge in [0, 0.05) is 18.8 Å². The van der Waals surface area contributed by atoms with Gasteiger partial charge in [-0.1, -0.05) is 54.1 Å². The van der Waals surface area contributed by atoms with Gasteiger partial charge in [-0.05, 0) is 74.3 Å². The first-order valence-electron chi connectivity index (χ1n) is 12.7. The van der Waals surface area contributed by atoms with Crippen LogP contribution >= 0.6 is 35.3 Å². The molecule has 0 bridgehead atoms. The standard InChI is InChI=1S/C28H30N4O3S3/c1-18-12-13-20(16-19(18)2)31-25-24(38-28(31)36)26(34)32(21-10-6-7-11-22(21)35-3)27(29-25)37-17-23(33)30-14-8-4-5-9-15-30/h6-7,10-13,16H,4-5,8-9,14-15,17H2,1-3H3. The normalized spacial score (nSPS) is 14.0. The summed E-state index contributed by atoms with van der Waals surface area (Å²) in [6.07, 6.45) is 4.36. The number of rotatable bonds is 6. The zero-order chi connectivity index (χ0) is 26.8. The Morgan fingerprint density at radius 1 is 1.05 bits per heavy atom.